The molecular formula is C9H9N3OS. The van der Waals surface area contributed by atoms with Crippen molar-refractivity contribution >= 4 is 34.6 Å². The van der Waals surface area contributed by atoms with E-state index in [4.69, 9.17) is 18.0 Å². The number of nitrogens with two attached hydrogens (primary N) is 1. The molecule has 1 aliphatic heterocycles. The standard InChI is InChI=1S/C9H9N3OS/c10-6-3-1-2-4-7(6)12-5-8(13)11-9(12)14/h1-4H,5,10H2,(H,11,13,14). The van der Waals surface area contributed by atoms with Gasteiger partial charge in [0, 0.05) is 0 Å². The first-order valence-electron chi connectivity index (χ1n) is 4.14. The molecule has 4 nitrogen and oxygen atoms in total. The molecule has 5 heteroatoms. The topological polar surface area (TPSA) is 58.4 Å². The number of benzene rings is 1. The summed E-state index contributed by atoms with van der Waals surface area (Å²) >= 11 is 5.00. The van der Waals surface area contributed by atoms with E-state index < -0.39 is 0 Å². The van der Waals surface area contributed by atoms with Crippen molar-refractivity contribution in [2.24, 2.45) is 0 Å². The quantitative estimate of drug-likeness (QED) is 0.520. The summed E-state index contributed by atoms with van der Waals surface area (Å²) in [5, 5.41) is 2.97. The number of nitrogens with one attached hydrogen (secondary N) is 1. The average Bonchev–Trinajstić information content (AvgIpc) is 2.46. The van der Waals surface area contributed by atoms with Crippen LogP contribution < -0.4 is 16.0 Å². The van der Waals surface area contributed by atoms with E-state index in [1.165, 1.54) is 0 Å². The summed E-state index contributed by atoms with van der Waals surface area (Å²) in [6, 6.07) is 7.31. The van der Waals surface area contributed by atoms with Crippen molar-refractivity contribution in [3.63, 3.8) is 0 Å². The summed E-state index contributed by atoms with van der Waals surface area (Å²) < 4.78 is 0. The maximum absolute atomic E-state index is 11.1. The van der Waals surface area contributed by atoms with Gasteiger partial charge in [0.15, 0.2) is 5.11 Å². The highest BCUT2D eigenvalue weighted by atomic mass is 32.1. The molecule has 3 N–H and O–H groups in total. The lowest BCUT2D eigenvalue weighted by atomic mass is 10.2. The molecule has 0 radical (unpaired) electrons. The van der Waals surface area contributed by atoms with Gasteiger partial charge in [-0.3, -0.25) is 4.79 Å². The van der Waals surface area contributed by atoms with Crippen LogP contribution in [-0.2, 0) is 4.79 Å². The fourth-order valence-electron chi connectivity index (χ4n) is 1.37. The lowest BCUT2D eigenvalue weighted by molar-refractivity contribution is -0.117. The number of hydrogen-bond acceptors (Lipinski definition) is 3. The summed E-state index contributed by atoms with van der Waals surface area (Å²) in [5.74, 6) is -0.0988. The van der Waals surface area contributed by atoms with E-state index in [2.05, 4.69) is 5.32 Å². The number of thiocarbonyl (C=S) groups is 1. The van der Waals surface area contributed by atoms with Crippen LogP contribution in [0.1, 0.15) is 0 Å². The molecule has 1 amide bonds. The SMILES string of the molecule is Nc1ccccc1N1CC(=O)NC1=S. The van der Waals surface area contributed by atoms with Crippen LogP contribution in [0.4, 0.5) is 11.4 Å². The van der Waals surface area contributed by atoms with Gasteiger partial charge in [0.2, 0.25) is 5.91 Å². The highest BCUT2D eigenvalue weighted by Crippen LogP contribution is 2.23. The van der Waals surface area contributed by atoms with Gasteiger partial charge in [0.1, 0.15) is 6.54 Å². The molecule has 0 aromatic heterocycles. The fraction of sp³-hybridized carbons (Fsp3) is 0.111. The number of nitrogens with zero attached hydrogens (tertiary/aromatic N) is 1. The summed E-state index contributed by atoms with van der Waals surface area (Å²) in [4.78, 5) is 12.8. The van der Waals surface area contributed by atoms with Crippen molar-refractivity contribution in [3.8, 4) is 0 Å². The van der Waals surface area contributed by atoms with Crippen LogP contribution in [0.5, 0.6) is 0 Å². The van der Waals surface area contributed by atoms with Gasteiger partial charge in [-0.05, 0) is 24.4 Å². The molecule has 0 spiro atoms. The zero-order valence-corrected chi connectivity index (χ0v) is 8.17. The first kappa shape index (κ1) is 8.96. The summed E-state index contributed by atoms with van der Waals surface area (Å²) in [5.41, 5.74) is 7.16. The van der Waals surface area contributed by atoms with Crippen molar-refractivity contribution in [1.29, 1.82) is 0 Å². The van der Waals surface area contributed by atoms with Crippen LogP contribution in [0, 0.1) is 0 Å². The Morgan fingerprint density at radius 1 is 1.43 bits per heavy atom. The van der Waals surface area contributed by atoms with E-state index in [0.717, 1.165) is 5.69 Å². The third kappa shape index (κ3) is 1.42. The van der Waals surface area contributed by atoms with Crippen molar-refractivity contribution in [2.45, 2.75) is 0 Å². The normalized spacial score (nSPS) is 15.9. The van der Waals surface area contributed by atoms with Gasteiger partial charge >= 0.3 is 0 Å². The average molecular weight is 207 g/mol. The maximum Gasteiger partial charge on any atom is 0.246 e. The van der Waals surface area contributed by atoms with Gasteiger partial charge in [-0.2, -0.15) is 0 Å². The third-order valence-electron chi connectivity index (χ3n) is 2.02. The summed E-state index contributed by atoms with van der Waals surface area (Å²) in [6.45, 7) is 0.243. The second-order valence-corrected chi connectivity index (χ2v) is 3.38. The number of carbonyl (C=O) groups excluding carboxylic acids is 1. The van der Waals surface area contributed by atoms with Gasteiger partial charge in [0.05, 0.1) is 11.4 Å². The minimum atomic E-state index is -0.0988. The minimum Gasteiger partial charge on any atom is -0.397 e. The molecule has 0 unspecified atom stereocenters. The van der Waals surface area contributed by atoms with Crippen LogP contribution in [0.15, 0.2) is 24.3 Å². The highest BCUT2D eigenvalue weighted by molar-refractivity contribution is 7.80. The van der Waals surface area contributed by atoms with Crippen LogP contribution in [0.2, 0.25) is 0 Å². The largest absolute Gasteiger partial charge is 0.397 e. The second-order valence-electron chi connectivity index (χ2n) is 3.00. The number of anilines is 2. The van der Waals surface area contributed by atoms with Crippen molar-refractivity contribution in [3.05, 3.63) is 24.3 Å². The summed E-state index contributed by atoms with van der Waals surface area (Å²) in [7, 11) is 0. The molecule has 1 fully saturated rings. The van der Waals surface area contributed by atoms with Crippen LogP contribution in [0.25, 0.3) is 0 Å². The monoisotopic (exact) mass is 207 g/mol. The molecular weight excluding hydrogens is 198 g/mol. The predicted octanol–water partition coefficient (Wildman–Crippen LogP) is 0.490. The number of hydrogen-bond donors (Lipinski definition) is 2. The molecule has 2 rings (SSSR count). The molecule has 0 bridgehead atoms. The molecule has 1 saturated heterocycles. The molecule has 0 aliphatic carbocycles. The Kier molecular flexibility index (Phi) is 2.09. The van der Waals surface area contributed by atoms with E-state index in [0.29, 0.717) is 10.8 Å². The van der Waals surface area contributed by atoms with Crippen molar-refractivity contribution < 1.29 is 4.79 Å². The number of para-hydroxylation sites is 2. The third-order valence-corrected chi connectivity index (χ3v) is 2.34. The summed E-state index contributed by atoms with van der Waals surface area (Å²) in [6.07, 6.45) is 0. The number of nitrogen functional groups attached to an aromatic ring is 1. The zero-order valence-electron chi connectivity index (χ0n) is 7.36. The van der Waals surface area contributed by atoms with E-state index in [9.17, 15) is 4.79 Å². The molecule has 14 heavy (non-hydrogen) atoms. The minimum absolute atomic E-state index is 0.0988. The van der Waals surface area contributed by atoms with Crippen LogP contribution in [-0.4, -0.2) is 17.6 Å². The Labute approximate surface area is 86.7 Å². The van der Waals surface area contributed by atoms with Gasteiger partial charge in [0.25, 0.3) is 0 Å². The van der Waals surface area contributed by atoms with Gasteiger partial charge in [-0.25, -0.2) is 0 Å². The number of carbonyl (C=O) groups is 1. The zero-order chi connectivity index (χ0) is 10.1. The lowest BCUT2D eigenvalue weighted by Crippen LogP contribution is -2.28. The van der Waals surface area contributed by atoms with Gasteiger partial charge < -0.3 is 16.0 Å². The maximum atomic E-state index is 11.1. The van der Waals surface area contributed by atoms with Crippen LogP contribution in [0.3, 0.4) is 0 Å². The predicted molar refractivity (Wildman–Crippen MR) is 58.9 cm³/mol. The molecule has 1 heterocycles. The Hall–Kier alpha value is -1.62. The van der Waals surface area contributed by atoms with E-state index in [1.807, 2.05) is 18.2 Å². The first-order valence-corrected chi connectivity index (χ1v) is 4.55. The second kappa shape index (κ2) is 3.26. The highest BCUT2D eigenvalue weighted by Gasteiger charge is 2.25. The van der Waals surface area contributed by atoms with E-state index in [-0.39, 0.29) is 12.5 Å². The van der Waals surface area contributed by atoms with Gasteiger partial charge in [-0.15, -0.1) is 0 Å². The molecule has 72 valence electrons. The van der Waals surface area contributed by atoms with E-state index in [1.54, 1.807) is 11.0 Å². The van der Waals surface area contributed by atoms with Crippen LogP contribution >= 0.6 is 12.2 Å². The fourth-order valence-corrected chi connectivity index (χ4v) is 1.65. The molecule has 1 aromatic carbocycles. The first-order chi connectivity index (χ1) is 6.68. The number of rotatable bonds is 1. The molecule has 1 aromatic rings. The number of amides is 1. The Bertz CT molecular complexity index is 405. The Morgan fingerprint density at radius 2 is 2.14 bits per heavy atom. The molecule has 0 atom stereocenters. The van der Waals surface area contributed by atoms with Gasteiger partial charge in [-0.1, -0.05) is 12.1 Å². The smallest absolute Gasteiger partial charge is 0.246 e. The van der Waals surface area contributed by atoms with Crippen molar-refractivity contribution in [2.75, 3.05) is 17.2 Å². The molecule has 0 saturated carbocycles. The van der Waals surface area contributed by atoms with Crippen molar-refractivity contribution in [1.82, 2.24) is 5.32 Å². The molecule has 1 aliphatic rings. The lowest BCUT2D eigenvalue weighted by Gasteiger charge is -2.17. The Morgan fingerprint density at radius 3 is 2.71 bits per heavy atom. The van der Waals surface area contributed by atoms with E-state index >= 15 is 0 Å². The Balaban J connectivity index is 2.36.